The fourth-order valence-electron chi connectivity index (χ4n) is 2.47. The second kappa shape index (κ2) is 9.96. The van der Waals surface area contributed by atoms with Crippen LogP contribution >= 0.6 is 22.7 Å². The van der Waals surface area contributed by atoms with E-state index >= 15 is 0 Å². The number of aryl methyl sites for hydroxylation is 1. The molecule has 0 spiro atoms. The Morgan fingerprint density at radius 3 is 2.53 bits per heavy atom. The summed E-state index contributed by atoms with van der Waals surface area (Å²) in [4.78, 5) is 33.3. The van der Waals surface area contributed by atoms with Gasteiger partial charge < -0.3 is 15.7 Å². The summed E-state index contributed by atoms with van der Waals surface area (Å²) < 4.78 is 0. The molecule has 0 saturated heterocycles. The number of nitrogens with zero attached hydrogens (tertiary/aromatic N) is 6. The van der Waals surface area contributed by atoms with Crippen molar-refractivity contribution in [2.45, 2.75) is 13.8 Å². The zero-order valence-corrected chi connectivity index (χ0v) is 21.0. The van der Waals surface area contributed by atoms with E-state index in [4.69, 9.17) is 0 Å². The number of carbonyl (C=O) groups is 2. The summed E-state index contributed by atoms with van der Waals surface area (Å²) in [6.07, 6.45) is 0. The second-order valence-electron chi connectivity index (χ2n) is 5.89. The molecule has 0 aliphatic heterocycles. The molecule has 4 aromatic rings. The predicted molar refractivity (Wildman–Crippen MR) is 109 cm³/mol. The van der Waals surface area contributed by atoms with Gasteiger partial charge in [0.05, 0.1) is 16.3 Å². The Kier molecular flexibility index (Phi) is 7.57. The van der Waals surface area contributed by atoms with E-state index in [0.29, 0.717) is 27.3 Å². The SMILES string of the molecule is CC(=O)Nc1nc(C)c(-c2csc(C(=O)Nc3ccc(-c4nnn[n-]4)cc3)n2)s1.[K+]. The van der Waals surface area contributed by atoms with Crippen LogP contribution in [0.2, 0.25) is 0 Å². The van der Waals surface area contributed by atoms with Gasteiger partial charge in [0.25, 0.3) is 5.91 Å². The van der Waals surface area contributed by atoms with E-state index in [0.717, 1.165) is 16.1 Å². The minimum atomic E-state index is -0.314. The summed E-state index contributed by atoms with van der Waals surface area (Å²) in [5.41, 5.74) is 2.76. The maximum atomic E-state index is 12.5. The van der Waals surface area contributed by atoms with Crippen molar-refractivity contribution < 1.29 is 61.0 Å². The number of aromatic nitrogens is 6. The van der Waals surface area contributed by atoms with Gasteiger partial charge in [-0.05, 0) is 24.6 Å². The summed E-state index contributed by atoms with van der Waals surface area (Å²) in [5, 5.41) is 22.6. The molecule has 1 aromatic carbocycles. The number of thiazole rings is 2. The summed E-state index contributed by atoms with van der Waals surface area (Å²) in [6, 6.07) is 7.02. The third kappa shape index (κ3) is 5.24. The molecule has 30 heavy (non-hydrogen) atoms. The molecule has 13 heteroatoms. The van der Waals surface area contributed by atoms with Gasteiger partial charge in [-0.15, -0.1) is 11.3 Å². The van der Waals surface area contributed by atoms with Crippen LogP contribution in [0.1, 0.15) is 22.4 Å². The smallest absolute Gasteiger partial charge is 0.330 e. The molecule has 0 atom stereocenters. The van der Waals surface area contributed by atoms with Gasteiger partial charge in [0.15, 0.2) is 10.1 Å². The van der Waals surface area contributed by atoms with Crippen molar-refractivity contribution >= 4 is 45.3 Å². The largest absolute Gasteiger partial charge is 1.00 e. The molecule has 0 aliphatic carbocycles. The van der Waals surface area contributed by atoms with E-state index in [2.05, 4.69) is 41.2 Å². The summed E-state index contributed by atoms with van der Waals surface area (Å²) in [6.45, 7) is 3.26. The fourth-order valence-corrected chi connectivity index (χ4v) is 4.22. The van der Waals surface area contributed by atoms with Crippen molar-refractivity contribution in [2.75, 3.05) is 10.6 Å². The summed E-state index contributed by atoms with van der Waals surface area (Å²) >= 11 is 2.55. The molecule has 0 saturated carbocycles. The molecular weight excluding hydrogens is 451 g/mol. The molecular formula is C17H13KN8O2S2. The molecule has 3 aromatic heterocycles. The standard InChI is InChI=1S/C17H14N8O2S2.K/c1-8-13(29-17(18-8)19-9(2)26)12-7-28-16(21-12)15(27)20-11-5-3-10(4-6-11)14-22-24-25-23-14;/h3-7H,1-2H3,(H3,18,19,20,21,22,23,24,25,26,27);/q;+1/p-1. The number of tetrazole rings is 1. The molecule has 0 radical (unpaired) electrons. The van der Waals surface area contributed by atoms with Crippen LogP contribution in [0.3, 0.4) is 0 Å². The monoisotopic (exact) mass is 464 g/mol. The zero-order valence-electron chi connectivity index (χ0n) is 16.2. The maximum Gasteiger partial charge on any atom is 1.00 e. The van der Waals surface area contributed by atoms with Crippen molar-refractivity contribution in [2.24, 2.45) is 0 Å². The number of anilines is 2. The number of carbonyl (C=O) groups excluding carboxylic acids is 2. The Bertz CT molecular complexity index is 1170. The third-order valence-electron chi connectivity index (χ3n) is 3.73. The number of rotatable bonds is 5. The first-order valence-electron chi connectivity index (χ1n) is 8.31. The molecule has 3 heterocycles. The van der Waals surface area contributed by atoms with Gasteiger partial charge in [-0.2, -0.15) is 5.21 Å². The Hall–Kier alpha value is -1.87. The van der Waals surface area contributed by atoms with Crippen LogP contribution in [-0.2, 0) is 4.79 Å². The molecule has 0 unspecified atom stereocenters. The number of hydrogen-bond acceptors (Lipinski definition) is 9. The van der Waals surface area contributed by atoms with Crippen LogP contribution in [0.4, 0.5) is 10.8 Å². The molecule has 146 valence electrons. The van der Waals surface area contributed by atoms with Crippen molar-refractivity contribution in [1.29, 1.82) is 0 Å². The normalized spacial score (nSPS) is 10.3. The quantitative estimate of drug-likeness (QED) is 0.381. The van der Waals surface area contributed by atoms with Crippen molar-refractivity contribution in [3.05, 3.63) is 40.3 Å². The van der Waals surface area contributed by atoms with E-state index in [9.17, 15) is 9.59 Å². The first-order valence-corrected chi connectivity index (χ1v) is 10.0. The van der Waals surface area contributed by atoms with E-state index in [1.807, 2.05) is 6.92 Å². The average Bonchev–Trinajstić information content (AvgIpc) is 3.42. The van der Waals surface area contributed by atoms with Crippen LogP contribution in [0.15, 0.2) is 29.6 Å². The van der Waals surface area contributed by atoms with Gasteiger partial charge in [0.2, 0.25) is 5.91 Å². The van der Waals surface area contributed by atoms with Crippen LogP contribution in [-0.4, -0.2) is 37.3 Å². The van der Waals surface area contributed by atoms with Crippen molar-refractivity contribution in [3.8, 4) is 22.0 Å². The molecule has 2 amide bonds. The molecule has 0 bridgehead atoms. The fraction of sp³-hybridized carbons (Fsp3) is 0.118. The van der Waals surface area contributed by atoms with E-state index in [1.54, 1.807) is 29.6 Å². The maximum absolute atomic E-state index is 12.5. The Balaban J connectivity index is 0.00000256. The van der Waals surface area contributed by atoms with Crippen molar-refractivity contribution in [3.63, 3.8) is 0 Å². The first-order chi connectivity index (χ1) is 14.0. The van der Waals surface area contributed by atoms with Gasteiger partial charge in [-0.25, -0.2) is 9.97 Å². The molecule has 0 fully saturated rings. The molecule has 2 N–H and O–H groups in total. The predicted octanol–water partition coefficient (Wildman–Crippen LogP) is -0.401. The zero-order chi connectivity index (χ0) is 20.4. The second-order valence-corrected chi connectivity index (χ2v) is 7.74. The van der Waals surface area contributed by atoms with E-state index < -0.39 is 0 Å². The molecule has 10 nitrogen and oxygen atoms in total. The average molecular weight is 465 g/mol. The Labute approximate surface area is 221 Å². The van der Waals surface area contributed by atoms with Crippen molar-refractivity contribution in [1.82, 2.24) is 30.6 Å². The number of amides is 2. The third-order valence-corrected chi connectivity index (χ3v) is 5.67. The van der Waals surface area contributed by atoms with Crippen LogP contribution in [0.25, 0.3) is 22.0 Å². The number of hydrogen-bond donors (Lipinski definition) is 2. The minimum absolute atomic E-state index is 0. The van der Waals surface area contributed by atoms with Crippen LogP contribution in [0, 0.1) is 6.92 Å². The van der Waals surface area contributed by atoms with Gasteiger partial charge in [-0.3, -0.25) is 19.9 Å². The van der Waals surface area contributed by atoms with Gasteiger partial charge in [0, 0.05) is 23.8 Å². The van der Waals surface area contributed by atoms with E-state index in [-0.39, 0.29) is 63.2 Å². The molecule has 4 rings (SSSR count). The summed E-state index contributed by atoms with van der Waals surface area (Å²) in [7, 11) is 0. The van der Waals surface area contributed by atoms with Crippen LogP contribution < -0.4 is 67.1 Å². The first kappa shape index (κ1) is 22.8. The molecule has 0 aliphatic rings. The Morgan fingerprint density at radius 1 is 1.10 bits per heavy atom. The Morgan fingerprint density at radius 2 is 1.87 bits per heavy atom. The summed E-state index contributed by atoms with van der Waals surface area (Å²) in [5.74, 6) is -0.0794. The van der Waals surface area contributed by atoms with Gasteiger partial charge in [0.1, 0.15) is 0 Å². The number of nitrogens with one attached hydrogen (secondary N) is 2. The number of benzene rings is 1. The van der Waals surface area contributed by atoms with Crippen LogP contribution in [0.5, 0.6) is 0 Å². The van der Waals surface area contributed by atoms with Gasteiger partial charge >= 0.3 is 51.4 Å². The van der Waals surface area contributed by atoms with Gasteiger partial charge in [-0.1, -0.05) is 23.5 Å². The topological polar surface area (TPSA) is 137 Å². The van der Waals surface area contributed by atoms with E-state index in [1.165, 1.54) is 29.6 Å². The minimum Gasteiger partial charge on any atom is -0.330 e.